The van der Waals surface area contributed by atoms with Gasteiger partial charge in [0.15, 0.2) is 11.7 Å². The van der Waals surface area contributed by atoms with Crippen LogP contribution in [-0.2, 0) is 6.54 Å². The fourth-order valence-corrected chi connectivity index (χ4v) is 3.62. The summed E-state index contributed by atoms with van der Waals surface area (Å²) >= 11 is 0. The molecule has 1 atom stereocenters. The number of rotatable bonds is 7. The van der Waals surface area contributed by atoms with Gasteiger partial charge in [-0.15, -0.1) is 24.0 Å². The van der Waals surface area contributed by atoms with Gasteiger partial charge in [-0.05, 0) is 31.4 Å². The molecule has 28 heavy (non-hydrogen) atoms. The molecule has 1 fully saturated rings. The largest absolute Gasteiger partial charge is 0.369 e. The number of halogens is 1. The van der Waals surface area contributed by atoms with Crippen LogP contribution in [0.2, 0.25) is 0 Å². The van der Waals surface area contributed by atoms with Gasteiger partial charge < -0.3 is 20.1 Å². The van der Waals surface area contributed by atoms with E-state index in [4.69, 9.17) is 4.52 Å². The molecule has 1 aliphatic heterocycles. The summed E-state index contributed by atoms with van der Waals surface area (Å²) < 4.78 is 5.49. The lowest BCUT2D eigenvalue weighted by molar-refractivity contribution is 0.368. The van der Waals surface area contributed by atoms with E-state index in [-0.39, 0.29) is 24.0 Å². The predicted octanol–water partition coefficient (Wildman–Crippen LogP) is 4.14. The van der Waals surface area contributed by atoms with Gasteiger partial charge in [-0.2, -0.15) is 0 Å². The van der Waals surface area contributed by atoms with Crippen LogP contribution in [0.4, 0.5) is 5.69 Å². The van der Waals surface area contributed by atoms with Gasteiger partial charge in [0.1, 0.15) is 0 Å². The zero-order chi connectivity index (χ0) is 19.1. The summed E-state index contributed by atoms with van der Waals surface area (Å²) in [5, 5.41) is 11.1. The number of aliphatic imine (C=N–C) groups is 1. The van der Waals surface area contributed by atoms with E-state index >= 15 is 0 Å². The van der Waals surface area contributed by atoms with Crippen molar-refractivity contribution in [1.82, 2.24) is 15.8 Å². The first-order chi connectivity index (χ1) is 13.2. The predicted molar refractivity (Wildman–Crippen MR) is 126 cm³/mol. The summed E-state index contributed by atoms with van der Waals surface area (Å²) in [6, 6.07) is 13.0. The quantitative estimate of drug-likeness (QED) is 0.342. The number of aromatic nitrogens is 1. The molecular weight excluding hydrogens is 465 g/mol. The van der Waals surface area contributed by atoms with Crippen LogP contribution < -0.4 is 15.5 Å². The van der Waals surface area contributed by atoms with Crippen molar-refractivity contribution in [2.45, 2.75) is 51.6 Å². The summed E-state index contributed by atoms with van der Waals surface area (Å²) in [6.45, 7) is 6.99. The molecule has 0 radical (unpaired) electrons. The van der Waals surface area contributed by atoms with E-state index < -0.39 is 0 Å². The van der Waals surface area contributed by atoms with Crippen LogP contribution in [0.5, 0.6) is 0 Å². The second kappa shape index (κ2) is 11.3. The van der Waals surface area contributed by atoms with Crippen molar-refractivity contribution < 1.29 is 4.52 Å². The highest BCUT2D eigenvalue weighted by molar-refractivity contribution is 14.0. The zero-order valence-corrected chi connectivity index (χ0v) is 19.3. The van der Waals surface area contributed by atoms with Crippen LogP contribution in [0.15, 0.2) is 45.9 Å². The lowest BCUT2D eigenvalue weighted by atomic mass is 9.99. The van der Waals surface area contributed by atoms with Gasteiger partial charge in [0, 0.05) is 43.9 Å². The van der Waals surface area contributed by atoms with Gasteiger partial charge in [-0.1, -0.05) is 37.2 Å². The number of hydrogen-bond donors (Lipinski definition) is 2. The lowest BCUT2D eigenvalue weighted by Crippen LogP contribution is -2.44. The minimum absolute atomic E-state index is 0. The van der Waals surface area contributed by atoms with E-state index in [1.807, 2.05) is 0 Å². The van der Waals surface area contributed by atoms with Gasteiger partial charge in [0.2, 0.25) is 0 Å². The Morgan fingerprint density at radius 2 is 2.04 bits per heavy atom. The molecule has 0 saturated carbocycles. The number of nitrogens with one attached hydrogen (secondary N) is 2. The van der Waals surface area contributed by atoms with E-state index in [2.05, 4.69) is 75.9 Å². The van der Waals surface area contributed by atoms with E-state index in [0.717, 1.165) is 49.8 Å². The third-order valence-corrected chi connectivity index (χ3v) is 5.29. The van der Waals surface area contributed by atoms with Crippen LogP contribution in [0.1, 0.15) is 50.5 Å². The molecule has 2 heterocycles. The Morgan fingerprint density at radius 3 is 2.71 bits per heavy atom. The Bertz CT molecular complexity index is 729. The minimum atomic E-state index is 0. The Balaban J connectivity index is 0.00000280. The standard InChI is InChI=1S/C21H31N5O.HI/c1-4-16(5-2)20-13-19(27-25-20)14-23-21(22-3)24-17-11-12-26(15-17)18-9-7-6-8-10-18;/h6-10,13,16-17H,4-5,11-12,14-15H2,1-3H3,(H2,22,23,24);1H. The van der Waals surface area contributed by atoms with Crippen LogP contribution in [0.25, 0.3) is 0 Å². The molecular formula is C21H32IN5O. The summed E-state index contributed by atoms with van der Waals surface area (Å²) in [5.74, 6) is 2.12. The Hall–Kier alpha value is -1.77. The van der Waals surface area contributed by atoms with Crippen molar-refractivity contribution in [2.24, 2.45) is 4.99 Å². The monoisotopic (exact) mass is 497 g/mol. The first kappa shape index (κ1) is 22.5. The Kier molecular flexibility index (Phi) is 9.08. The van der Waals surface area contributed by atoms with Gasteiger partial charge >= 0.3 is 0 Å². The number of hydrogen-bond acceptors (Lipinski definition) is 4. The summed E-state index contributed by atoms with van der Waals surface area (Å²) in [6.07, 6.45) is 3.26. The third-order valence-electron chi connectivity index (χ3n) is 5.29. The highest BCUT2D eigenvalue weighted by Gasteiger charge is 2.23. The first-order valence-corrected chi connectivity index (χ1v) is 9.96. The molecule has 1 aromatic heterocycles. The van der Waals surface area contributed by atoms with E-state index in [0.29, 0.717) is 18.5 Å². The first-order valence-electron chi connectivity index (χ1n) is 9.96. The number of para-hydroxylation sites is 1. The maximum absolute atomic E-state index is 5.49. The minimum Gasteiger partial charge on any atom is -0.369 e. The molecule has 2 aromatic rings. The van der Waals surface area contributed by atoms with Crippen molar-refractivity contribution in [3.8, 4) is 0 Å². The molecule has 154 valence electrons. The highest BCUT2D eigenvalue weighted by Crippen LogP contribution is 2.22. The molecule has 0 amide bonds. The average molecular weight is 497 g/mol. The molecule has 1 aliphatic rings. The van der Waals surface area contributed by atoms with Crippen LogP contribution in [0.3, 0.4) is 0 Å². The van der Waals surface area contributed by atoms with E-state index in [9.17, 15) is 0 Å². The van der Waals surface area contributed by atoms with Crippen molar-refractivity contribution in [2.75, 3.05) is 25.0 Å². The lowest BCUT2D eigenvalue weighted by Gasteiger charge is -2.20. The Morgan fingerprint density at radius 1 is 1.29 bits per heavy atom. The second-order valence-corrected chi connectivity index (χ2v) is 7.07. The smallest absolute Gasteiger partial charge is 0.191 e. The summed E-state index contributed by atoms with van der Waals surface area (Å²) in [4.78, 5) is 6.76. The van der Waals surface area contributed by atoms with E-state index in [1.165, 1.54) is 5.69 Å². The SMILES string of the molecule is CCC(CC)c1cc(CNC(=NC)NC2CCN(c3ccccc3)C2)on1.I. The van der Waals surface area contributed by atoms with Crippen LogP contribution in [0, 0.1) is 0 Å². The summed E-state index contributed by atoms with van der Waals surface area (Å²) in [5.41, 5.74) is 2.33. The van der Waals surface area contributed by atoms with Crippen LogP contribution in [-0.4, -0.2) is 37.3 Å². The van der Waals surface area contributed by atoms with Crippen molar-refractivity contribution >= 4 is 35.6 Å². The van der Waals surface area contributed by atoms with Gasteiger partial charge in [-0.25, -0.2) is 0 Å². The number of benzene rings is 1. The normalized spacial score (nSPS) is 16.9. The van der Waals surface area contributed by atoms with Crippen molar-refractivity contribution in [3.63, 3.8) is 0 Å². The topological polar surface area (TPSA) is 65.7 Å². The molecule has 1 aromatic carbocycles. The second-order valence-electron chi connectivity index (χ2n) is 7.07. The molecule has 2 N–H and O–H groups in total. The molecule has 7 heteroatoms. The van der Waals surface area contributed by atoms with Gasteiger partial charge in [0.05, 0.1) is 12.2 Å². The van der Waals surface area contributed by atoms with Crippen molar-refractivity contribution in [1.29, 1.82) is 0 Å². The zero-order valence-electron chi connectivity index (χ0n) is 17.0. The number of anilines is 1. The molecule has 0 bridgehead atoms. The third kappa shape index (κ3) is 5.86. The Labute approximate surface area is 185 Å². The van der Waals surface area contributed by atoms with Gasteiger partial charge in [0.25, 0.3) is 0 Å². The fourth-order valence-electron chi connectivity index (χ4n) is 3.62. The molecule has 1 unspecified atom stereocenters. The summed E-state index contributed by atoms with van der Waals surface area (Å²) in [7, 11) is 1.80. The number of nitrogens with zero attached hydrogens (tertiary/aromatic N) is 3. The molecule has 1 saturated heterocycles. The maximum Gasteiger partial charge on any atom is 0.191 e. The van der Waals surface area contributed by atoms with E-state index in [1.54, 1.807) is 7.05 Å². The highest BCUT2D eigenvalue weighted by atomic mass is 127. The van der Waals surface area contributed by atoms with Gasteiger partial charge in [-0.3, -0.25) is 4.99 Å². The fraction of sp³-hybridized carbons (Fsp3) is 0.524. The maximum atomic E-state index is 5.49. The molecule has 6 nitrogen and oxygen atoms in total. The number of guanidine groups is 1. The molecule has 0 spiro atoms. The molecule has 3 rings (SSSR count). The van der Waals surface area contributed by atoms with Crippen molar-refractivity contribution in [3.05, 3.63) is 47.9 Å². The van der Waals surface area contributed by atoms with Crippen LogP contribution >= 0.6 is 24.0 Å². The average Bonchev–Trinajstić information content (AvgIpc) is 3.37. The molecule has 0 aliphatic carbocycles.